The molecule has 0 N–H and O–H groups in total. The van der Waals surface area contributed by atoms with Crippen molar-refractivity contribution in [3.8, 4) is 5.75 Å². The van der Waals surface area contributed by atoms with Crippen LogP contribution < -0.4 is 4.74 Å². The fourth-order valence-electron chi connectivity index (χ4n) is 1.29. The molecule has 19 heavy (non-hydrogen) atoms. The Morgan fingerprint density at radius 1 is 1.47 bits per heavy atom. The number of aryl methyl sites for hydroxylation is 1. The van der Waals surface area contributed by atoms with Gasteiger partial charge in [0.25, 0.3) is 0 Å². The first-order valence-electron chi connectivity index (χ1n) is 5.30. The van der Waals surface area contributed by atoms with Crippen molar-refractivity contribution in [3.05, 3.63) is 21.0 Å². The number of aromatic nitrogens is 1. The first kappa shape index (κ1) is 16.0. The molecule has 0 saturated carbocycles. The van der Waals surface area contributed by atoms with E-state index in [9.17, 15) is 18.0 Å². The van der Waals surface area contributed by atoms with Gasteiger partial charge in [0.1, 0.15) is 0 Å². The third kappa shape index (κ3) is 4.84. The Morgan fingerprint density at radius 2 is 2.11 bits per heavy atom. The van der Waals surface area contributed by atoms with Crippen molar-refractivity contribution in [2.24, 2.45) is 0 Å². The number of hydrogen-bond acceptors (Lipinski definition) is 4. The molecule has 0 atom stereocenters. The molecule has 0 unspecified atom stereocenters. The summed E-state index contributed by atoms with van der Waals surface area (Å²) >= 11 is 1.72. The summed E-state index contributed by atoms with van der Waals surface area (Å²) in [5.41, 5.74) is 0.443. The first-order valence-corrected chi connectivity index (χ1v) is 6.37. The molecule has 1 aromatic rings. The van der Waals surface area contributed by atoms with E-state index in [0.29, 0.717) is 5.56 Å². The van der Waals surface area contributed by atoms with Crippen LogP contribution in [0.1, 0.15) is 18.2 Å². The third-order valence-electron chi connectivity index (χ3n) is 2.06. The number of rotatable bonds is 4. The number of carbonyl (C=O) groups excluding carboxylic acids is 1. The van der Waals surface area contributed by atoms with Crippen LogP contribution in [0, 0.1) is 10.5 Å². The van der Waals surface area contributed by atoms with Gasteiger partial charge in [-0.2, -0.15) is 0 Å². The number of ether oxygens (including phenoxy) is 2. The lowest BCUT2D eigenvalue weighted by molar-refractivity contribution is -0.275. The van der Waals surface area contributed by atoms with Crippen molar-refractivity contribution in [2.75, 3.05) is 6.61 Å². The van der Waals surface area contributed by atoms with E-state index in [0.717, 1.165) is 0 Å². The minimum absolute atomic E-state index is 0.0919. The largest absolute Gasteiger partial charge is 0.573 e. The van der Waals surface area contributed by atoms with Gasteiger partial charge in [-0.15, -0.1) is 13.2 Å². The fraction of sp³-hybridized carbons (Fsp3) is 0.455. The van der Waals surface area contributed by atoms with Gasteiger partial charge >= 0.3 is 12.3 Å². The number of nitrogens with zero attached hydrogens (tertiary/aromatic N) is 1. The normalized spacial score (nSPS) is 11.3. The monoisotopic (exact) mass is 389 g/mol. The number of carbonyl (C=O) groups is 1. The van der Waals surface area contributed by atoms with Crippen molar-refractivity contribution >= 4 is 28.6 Å². The van der Waals surface area contributed by atoms with Crippen molar-refractivity contribution in [2.45, 2.75) is 26.6 Å². The smallest absolute Gasteiger partial charge is 0.466 e. The predicted molar refractivity (Wildman–Crippen MR) is 68.7 cm³/mol. The molecule has 106 valence electrons. The zero-order valence-electron chi connectivity index (χ0n) is 10.2. The van der Waals surface area contributed by atoms with E-state index < -0.39 is 18.1 Å². The Morgan fingerprint density at radius 3 is 2.63 bits per heavy atom. The lowest BCUT2D eigenvalue weighted by Gasteiger charge is -2.15. The molecule has 0 bridgehead atoms. The molecule has 1 heterocycles. The molecule has 0 aromatic carbocycles. The average Bonchev–Trinajstić information content (AvgIpc) is 2.27. The highest BCUT2D eigenvalue weighted by Gasteiger charge is 2.34. The Bertz CT molecular complexity index is 477. The Hall–Kier alpha value is -1.06. The lowest BCUT2D eigenvalue weighted by atomic mass is 10.2. The maximum Gasteiger partial charge on any atom is 0.573 e. The second-order valence-corrected chi connectivity index (χ2v) is 4.64. The van der Waals surface area contributed by atoms with E-state index in [-0.39, 0.29) is 22.3 Å². The molecule has 0 aliphatic carbocycles. The minimum atomic E-state index is -4.83. The van der Waals surface area contributed by atoms with Gasteiger partial charge in [0, 0.05) is 6.20 Å². The fourth-order valence-corrected chi connectivity index (χ4v) is 1.85. The Kier molecular flexibility index (Phi) is 5.39. The summed E-state index contributed by atoms with van der Waals surface area (Å²) in [6.45, 7) is 3.36. The van der Waals surface area contributed by atoms with E-state index >= 15 is 0 Å². The van der Waals surface area contributed by atoms with Gasteiger partial charge in [-0.3, -0.25) is 9.78 Å². The zero-order chi connectivity index (χ0) is 14.6. The average molecular weight is 389 g/mol. The van der Waals surface area contributed by atoms with Gasteiger partial charge in [-0.1, -0.05) is 0 Å². The predicted octanol–water partition coefficient (Wildman–Crippen LogP) is 3.00. The van der Waals surface area contributed by atoms with Gasteiger partial charge in [0.15, 0.2) is 5.75 Å². The second-order valence-electron chi connectivity index (χ2n) is 3.56. The van der Waals surface area contributed by atoms with Crippen LogP contribution in [0.25, 0.3) is 0 Å². The number of pyridine rings is 1. The van der Waals surface area contributed by atoms with Crippen LogP contribution in [0.5, 0.6) is 5.75 Å². The minimum Gasteiger partial charge on any atom is -0.466 e. The summed E-state index contributed by atoms with van der Waals surface area (Å²) < 4.78 is 45.9. The van der Waals surface area contributed by atoms with Crippen molar-refractivity contribution in [1.82, 2.24) is 4.98 Å². The summed E-state index contributed by atoms with van der Waals surface area (Å²) in [5.74, 6) is -1.09. The van der Waals surface area contributed by atoms with Gasteiger partial charge in [0.05, 0.1) is 22.3 Å². The van der Waals surface area contributed by atoms with Crippen LogP contribution in [-0.2, 0) is 16.0 Å². The number of hydrogen-bond donors (Lipinski definition) is 0. The molecule has 1 rings (SSSR count). The van der Waals surface area contributed by atoms with E-state index in [1.165, 1.54) is 6.20 Å². The van der Waals surface area contributed by atoms with Gasteiger partial charge in [-0.05, 0) is 42.0 Å². The molecule has 4 nitrogen and oxygen atoms in total. The van der Waals surface area contributed by atoms with Gasteiger partial charge < -0.3 is 9.47 Å². The number of alkyl halides is 3. The van der Waals surface area contributed by atoms with E-state index in [1.807, 2.05) is 0 Å². The molecule has 0 amide bonds. The molecule has 0 radical (unpaired) electrons. The maximum absolute atomic E-state index is 12.3. The van der Waals surface area contributed by atoms with Crippen LogP contribution in [0.3, 0.4) is 0 Å². The SMILES string of the molecule is CCOC(=O)Cc1ncc(C)c(I)c1OC(F)(F)F. The molecule has 0 aliphatic rings. The Labute approximate surface area is 121 Å². The van der Waals surface area contributed by atoms with Crippen LogP contribution >= 0.6 is 22.6 Å². The van der Waals surface area contributed by atoms with Crippen molar-refractivity contribution < 1.29 is 27.4 Å². The highest BCUT2D eigenvalue weighted by atomic mass is 127. The number of halogens is 4. The van der Waals surface area contributed by atoms with Crippen LogP contribution in [0.4, 0.5) is 13.2 Å². The van der Waals surface area contributed by atoms with E-state index in [4.69, 9.17) is 0 Å². The van der Waals surface area contributed by atoms with E-state index in [1.54, 1.807) is 36.4 Å². The van der Waals surface area contributed by atoms with E-state index in [2.05, 4.69) is 14.5 Å². The summed E-state index contributed by atoms with van der Waals surface area (Å²) in [6, 6.07) is 0. The molecular formula is C11H11F3INO3. The second kappa shape index (κ2) is 6.40. The first-order chi connectivity index (χ1) is 8.74. The molecular weight excluding hydrogens is 378 g/mol. The molecule has 1 aromatic heterocycles. The topological polar surface area (TPSA) is 48.4 Å². The highest BCUT2D eigenvalue weighted by Crippen LogP contribution is 2.32. The molecule has 8 heteroatoms. The summed E-state index contributed by atoms with van der Waals surface area (Å²) in [4.78, 5) is 15.1. The third-order valence-corrected chi connectivity index (χ3v) is 3.40. The summed E-state index contributed by atoms with van der Waals surface area (Å²) in [7, 11) is 0. The molecule has 0 fully saturated rings. The standard InChI is InChI=1S/C11H11F3INO3/c1-3-18-8(17)4-7-10(19-11(12,13)14)9(15)6(2)5-16-7/h5H,3-4H2,1-2H3. The maximum atomic E-state index is 12.3. The molecule has 0 aliphatic heterocycles. The van der Waals surface area contributed by atoms with Crippen molar-refractivity contribution in [1.29, 1.82) is 0 Å². The van der Waals surface area contributed by atoms with Gasteiger partial charge in [0.2, 0.25) is 0 Å². The van der Waals surface area contributed by atoms with Crippen LogP contribution in [0.15, 0.2) is 6.20 Å². The van der Waals surface area contributed by atoms with Crippen LogP contribution in [0.2, 0.25) is 0 Å². The van der Waals surface area contributed by atoms with Crippen LogP contribution in [-0.4, -0.2) is 23.9 Å². The summed E-state index contributed by atoms with van der Waals surface area (Å²) in [6.07, 6.45) is -3.81. The molecule has 0 spiro atoms. The zero-order valence-corrected chi connectivity index (χ0v) is 12.3. The lowest BCUT2D eigenvalue weighted by Crippen LogP contribution is -2.21. The number of esters is 1. The van der Waals surface area contributed by atoms with Gasteiger partial charge in [-0.25, -0.2) is 0 Å². The quantitative estimate of drug-likeness (QED) is 0.587. The van der Waals surface area contributed by atoms with Crippen molar-refractivity contribution in [3.63, 3.8) is 0 Å². The molecule has 0 saturated heterocycles. The summed E-state index contributed by atoms with van der Waals surface area (Å²) in [5, 5.41) is 0. The highest BCUT2D eigenvalue weighted by molar-refractivity contribution is 14.1. The Balaban J connectivity index is 3.09.